The third kappa shape index (κ3) is 4.03. The van der Waals surface area contributed by atoms with Crippen molar-refractivity contribution in [1.29, 1.82) is 0 Å². The molecule has 2 amide bonds. The second-order valence-electron chi connectivity index (χ2n) is 6.77. The topological polar surface area (TPSA) is 89.8 Å². The minimum absolute atomic E-state index is 0.0611. The number of ether oxygens (including phenoxy) is 2. The summed E-state index contributed by atoms with van der Waals surface area (Å²) in [5.74, 6) is 0.676. The van der Waals surface area contributed by atoms with Crippen LogP contribution in [0.3, 0.4) is 0 Å². The van der Waals surface area contributed by atoms with Gasteiger partial charge in [-0.3, -0.25) is 9.59 Å². The summed E-state index contributed by atoms with van der Waals surface area (Å²) >= 11 is 0. The van der Waals surface area contributed by atoms with Gasteiger partial charge in [-0.15, -0.1) is 0 Å². The maximum atomic E-state index is 12.9. The van der Waals surface area contributed by atoms with Gasteiger partial charge in [0.25, 0.3) is 5.91 Å². The van der Waals surface area contributed by atoms with E-state index in [2.05, 4.69) is 10.6 Å². The van der Waals surface area contributed by atoms with Gasteiger partial charge in [0.1, 0.15) is 24.5 Å². The fraction of sp³-hybridized carbons (Fsp3) is 0.273. The molecule has 150 valence electrons. The van der Waals surface area contributed by atoms with Crippen LogP contribution >= 0.6 is 0 Å². The highest BCUT2D eigenvalue weighted by molar-refractivity contribution is 6.14. The molecule has 1 aromatic heterocycles. The van der Waals surface area contributed by atoms with Crippen molar-refractivity contribution in [3.8, 4) is 11.5 Å². The Balaban J connectivity index is 1.61. The maximum absolute atomic E-state index is 12.9. The highest BCUT2D eigenvalue weighted by Gasteiger charge is 2.23. The molecule has 0 aliphatic carbocycles. The van der Waals surface area contributed by atoms with Crippen LogP contribution < -0.4 is 20.1 Å². The van der Waals surface area contributed by atoms with Gasteiger partial charge in [0.15, 0.2) is 11.5 Å². The van der Waals surface area contributed by atoms with Crippen molar-refractivity contribution in [2.75, 3.05) is 23.8 Å². The first kappa shape index (κ1) is 18.9. The molecule has 7 nitrogen and oxygen atoms in total. The quantitative estimate of drug-likeness (QED) is 0.638. The molecule has 3 aromatic rings. The summed E-state index contributed by atoms with van der Waals surface area (Å²) < 4.78 is 16.8. The number of fused-ring (bicyclic) bond motifs is 2. The minimum atomic E-state index is -0.455. The van der Waals surface area contributed by atoms with E-state index in [9.17, 15) is 9.59 Å². The summed E-state index contributed by atoms with van der Waals surface area (Å²) in [6.45, 7) is 2.98. The van der Waals surface area contributed by atoms with Crippen LogP contribution in [-0.4, -0.2) is 25.0 Å². The van der Waals surface area contributed by atoms with Gasteiger partial charge < -0.3 is 24.5 Å². The summed E-state index contributed by atoms with van der Waals surface area (Å²) in [6.07, 6.45) is 2.08. The molecule has 0 spiro atoms. The molecule has 2 heterocycles. The van der Waals surface area contributed by atoms with Crippen molar-refractivity contribution in [3.63, 3.8) is 0 Å². The van der Waals surface area contributed by atoms with E-state index in [0.29, 0.717) is 53.5 Å². The van der Waals surface area contributed by atoms with E-state index >= 15 is 0 Å². The summed E-state index contributed by atoms with van der Waals surface area (Å²) in [4.78, 5) is 25.2. The third-order valence-corrected chi connectivity index (χ3v) is 4.62. The van der Waals surface area contributed by atoms with Crippen LogP contribution in [0.15, 0.2) is 46.9 Å². The molecule has 0 atom stereocenters. The Morgan fingerprint density at radius 2 is 1.79 bits per heavy atom. The van der Waals surface area contributed by atoms with E-state index in [0.717, 1.165) is 12.8 Å². The molecule has 0 unspecified atom stereocenters. The predicted molar refractivity (Wildman–Crippen MR) is 110 cm³/mol. The highest BCUT2D eigenvalue weighted by atomic mass is 16.6. The third-order valence-electron chi connectivity index (χ3n) is 4.62. The first-order chi connectivity index (χ1) is 14.2. The van der Waals surface area contributed by atoms with Crippen LogP contribution in [-0.2, 0) is 4.79 Å². The first-order valence-electron chi connectivity index (χ1n) is 9.68. The second-order valence-corrected chi connectivity index (χ2v) is 6.77. The zero-order valence-corrected chi connectivity index (χ0v) is 16.1. The predicted octanol–water partition coefficient (Wildman–Crippen LogP) is 4.59. The van der Waals surface area contributed by atoms with Gasteiger partial charge in [0.2, 0.25) is 11.7 Å². The Labute approximate surface area is 168 Å². The average Bonchev–Trinajstić information content (AvgIpc) is 3.11. The number of amides is 2. The zero-order valence-electron chi connectivity index (χ0n) is 16.1. The van der Waals surface area contributed by atoms with Gasteiger partial charge in [-0.25, -0.2) is 0 Å². The van der Waals surface area contributed by atoms with Crippen LogP contribution in [0.1, 0.15) is 36.7 Å². The van der Waals surface area contributed by atoms with Crippen LogP contribution in [0.2, 0.25) is 0 Å². The van der Waals surface area contributed by atoms with Crippen molar-refractivity contribution in [2.24, 2.45) is 0 Å². The Bertz CT molecular complexity index is 1060. The monoisotopic (exact) mass is 394 g/mol. The fourth-order valence-electron chi connectivity index (χ4n) is 3.18. The van der Waals surface area contributed by atoms with Crippen LogP contribution in [0.5, 0.6) is 11.5 Å². The lowest BCUT2D eigenvalue weighted by molar-refractivity contribution is -0.116. The normalized spacial score (nSPS) is 12.6. The van der Waals surface area contributed by atoms with Crippen molar-refractivity contribution < 1.29 is 23.5 Å². The molecule has 1 aliphatic rings. The first-order valence-corrected chi connectivity index (χ1v) is 9.68. The zero-order chi connectivity index (χ0) is 20.2. The summed E-state index contributed by atoms with van der Waals surface area (Å²) in [7, 11) is 0. The van der Waals surface area contributed by atoms with Gasteiger partial charge >= 0.3 is 0 Å². The van der Waals surface area contributed by atoms with E-state index in [-0.39, 0.29) is 11.7 Å². The Hall–Kier alpha value is -3.48. The number of hydrogen-bond donors (Lipinski definition) is 2. The van der Waals surface area contributed by atoms with E-state index in [1.807, 2.05) is 25.1 Å². The largest absolute Gasteiger partial charge is 0.486 e. The molecule has 29 heavy (non-hydrogen) atoms. The Morgan fingerprint density at radius 1 is 1.00 bits per heavy atom. The summed E-state index contributed by atoms with van der Waals surface area (Å²) in [5, 5.41) is 6.34. The number of hydrogen-bond acceptors (Lipinski definition) is 5. The molecule has 0 bridgehead atoms. The fourth-order valence-corrected chi connectivity index (χ4v) is 3.18. The number of nitrogens with one attached hydrogen (secondary N) is 2. The summed E-state index contributed by atoms with van der Waals surface area (Å²) in [6, 6.07) is 12.4. The van der Waals surface area contributed by atoms with E-state index in [4.69, 9.17) is 13.9 Å². The number of anilines is 2. The molecule has 0 saturated carbocycles. The van der Waals surface area contributed by atoms with E-state index < -0.39 is 5.91 Å². The van der Waals surface area contributed by atoms with Crippen LogP contribution in [0, 0.1) is 0 Å². The van der Waals surface area contributed by atoms with Gasteiger partial charge in [-0.1, -0.05) is 25.5 Å². The van der Waals surface area contributed by atoms with Gasteiger partial charge in [-0.2, -0.15) is 0 Å². The van der Waals surface area contributed by atoms with Crippen molar-refractivity contribution in [3.05, 3.63) is 48.2 Å². The smallest absolute Gasteiger partial charge is 0.293 e. The van der Waals surface area contributed by atoms with Gasteiger partial charge in [0.05, 0.1) is 0 Å². The second kappa shape index (κ2) is 8.26. The lowest BCUT2D eigenvalue weighted by atomic mass is 10.2. The molecule has 2 aromatic carbocycles. The lowest BCUT2D eigenvalue weighted by Crippen LogP contribution is -2.18. The highest BCUT2D eigenvalue weighted by Crippen LogP contribution is 2.34. The van der Waals surface area contributed by atoms with Crippen molar-refractivity contribution >= 4 is 34.2 Å². The number of carbonyl (C=O) groups is 2. The number of furan rings is 1. The standard InChI is InChI=1S/C22H22N2O5/c1-2-3-8-19(25)24-20-15-6-4-5-7-16(15)29-21(20)22(26)23-14-9-10-17-18(13-14)28-12-11-27-17/h4-7,9-10,13H,2-3,8,11-12H2,1H3,(H,23,26)(H,24,25). The lowest BCUT2D eigenvalue weighted by Gasteiger charge is -2.18. The van der Waals surface area contributed by atoms with E-state index in [1.54, 1.807) is 24.3 Å². The molecular formula is C22H22N2O5. The van der Waals surface area contributed by atoms with Gasteiger partial charge in [0, 0.05) is 23.6 Å². The molecule has 4 rings (SSSR count). The van der Waals surface area contributed by atoms with Crippen LogP contribution in [0.25, 0.3) is 11.0 Å². The molecule has 0 radical (unpaired) electrons. The Morgan fingerprint density at radius 3 is 2.62 bits per heavy atom. The minimum Gasteiger partial charge on any atom is -0.486 e. The number of unbranched alkanes of at least 4 members (excludes halogenated alkanes) is 1. The molecule has 7 heteroatoms. The maximum Gasteiger partial charge on any atom is 0.293 e. The Kier molecular flexibility index (Phi) is 5.37. The molecular weight excluding hydrogens is 372 g/mol. The molecule has 1 aliphatic heterocycles. The summed E-state index contributed by atoms with van der Waals surface area (Å²) in [5.41, 5.74) is 1.46. The van der Waals surface area contributed by atoms with Gasteiger partial charge in [-0.05, 0) is 30.7 Å². The number of para-hydroxylation sites is 1. The van der Waals surface area contributed by atoms with Crippen LogP contribution in [0.4, 0.5) is 11.4 Å². The number of rotatable bonds is 6. The number of benzene rings is 2. The van der Waals surface area contributed by atoms with E-state index in [1.165, 1.54) is 0 Å². The average molecular weight is 394 g/mol. The number of carbonyl (C=O) groups excluding carboxylic acids is 2. The molecule has 0 fully saturated rings. The molecule has 0 saturated heterocycles. The SMILES string of the molecule is CCCCC(=O)Nc1c(C(=O)Nc2ccc3c(c2)OCCO3)oc2ccccc12. The van der Waals surface area contributed by atoms with Crippen molar-refractivity contribution in [2.45, 2.75) is 26.2 Å². The van der Waals surface area contributed by atoms with Crippen molar-refractivity contribution in [1.82, 2.24) is 0 Å². The molecule has 2 N–H and O–H groups in total.